The van der Waals surface area contributed by atoms with Crippen molar-refractivity contribution in [1.29, 1.82) is 0 Å². The molecule has 1 heterocycles. The molecule has 0 radical (unpaired) electrons. The van der Waals surface area contributed by atoms with Crippen molar-refractivity contribution in [2.24, 2.45) is 7.05 Å². The van der Waals surface area contributed by atoms with Crippen LogP contribution in [0.5, 0.6) is 0 Å². The van der Waals surface area contributed by atoms with Crippen LogP contribution in [0.4, 0.5) is 0 Å². The molecule has 0 atom stereocenters. The third kappa shape index (κ3) is 2.65. The fourth-order valence-corrected chi connectivity index (χ4v) is 2.82. The molecule has 0 aliphatic heterocycles. The van der Waals surface area contributed by atoms with Crippen LogP contribution in [0.2, 0.25) is 0 Å². The van der Waals surface area contributed by atoms with Gasteiger partial charge in [0.25, 0.3) is 0 Å². The predicted octanol–water partition coefficient (Wildman–Crippen LogP) is 0.792. The summed E-state index contributed by atoms with van der Waals surface area (Å²) in [6, 6.07) is 6.67. The fourth-order valence-electron chi connectivity index (χ4n) is 1.60. The maximum atomic E-state index is 12.1. The van der Waals surface area contributed by atoms with Crippen LogP contribution in [-0.4, -0.2) is 22.8 Å². The summed E-state index contributed by atoms with van der Waals surface area (Å²) in [5.74, 6) is 0. The number of sulfone groups is 1. The fraction of sp³-hybridized carbons (Fsp3) is 0.167. The molecule has 19 heavy (non-hydrogen) atoms. The Morgan fingerprint density at radius 2 is 1.95 bits per heavy atom. The van der Waals surface area contributed by atoms with E-state index in [1.54, 1.807) is 25.1 Å². The molecular weight excluding hydrogens is 266 g/mol. The minimum absolute atomic E-state index is 0.225. The molecule has 7 heteroatoms. The van der Waals surface area contributed by atoms with Gasteiger partial charge in [-0.05, 0) is 18.6 Å². The van der Waals surface area contributed by atoms with Crippen LogP contribution in [0, 0.1) is 6.92 Å². The third-order valence-electron chi connectivity index (χ3n) is 2.65. The summed E-state index contributed by atoms with van der Waals surface area (Å²) in [4.78, 5) is 11.7. The van der Waals surface area contributed by atoms with Crippen molar-refractivity contribution < 1.29 is 8.42 Å². The molecule has 0 unspecified atom stereocenters. The number of aryl methyl sites for hydroxylation is 2. The standard InChI is InChI=1S/C12H13N3O3S/c1-10-5-3-4-6-11(10)19(17,18)8-7-15-9-13-14(2)12(15)16/h3-9H,1-2H3/b8-7+. The van der Waals surface area contributed by atoms with E-state index in [0.717, 1.165) is 14.7 Å². The first-order valence-corrected chi connectivity index (χ1v) is 7.05. The van der Waals surface area contributed by atoms with E-state index in [9.17, 15) is 13.2 Å². The van der Waals surface area contributed by atoms with Gasteiger partial charge in [0, 0.05) is 13.2 Å². The second-order valence-electron chi connectivity index (χ2n) is 4.04. The van der Waals surface area contributed by atoms with Gasteiger partial charge in [0.1, 0.15) is 6.33 Å². The molecule has 100 valence electrons. The largest absolute Gasteiger partial charge is 0.349 e. The Labute approximate surface area is 110 Å². The van der Waals surface area contributed by atoms with E-state index in [0.29, 0.717) is 5.56 Å². The summed E-state index contributed by atoms with van der Waals surface area (Å²) in [6.45, 7) is 1.72. The Morgan fingerprint density at radius 3 is 2.53 bits per heavy atom. The van der Waals surface area contributed by atoms with Crippen LogP contribution < -0.4 is 5.69 Å². The molecule has 1 aromatic heterocycles. The Hall–Kier alpha value is -2.15. The SMILES string of the molecule is Cc1ccccc1S(=O)(=O)/C=C/n1cnn(C)c1=O. The molecule has 0 spiro atoms. The summed E-state index contributed by atoms with van der Waals surface area (Å²) in [5, 5.41) is 4.73. The van der Waals surface area contributed by atoms with E-state index in [2.05, 4.69) is 5.10 Å². The highest BCUT2D eigenvalue weighted by Crippen LogP contribution is 2.16. The molecule has 0 saturated carbocycles. The van der Waals surface area contributed by atoms with Crippen molar-refractivity contribution in [3.05, 3.63) is 52.0 Å². The Balaban J connectivity index is 2.41. The lowest BCUT2D eigenvalue weighted by Crippen LogP contribution is -2.19. The van der Waals surface area contributed by atoms with Crippen LogP contribution in [0.15, 0.2) is 45.7 Å². The highest BCUT2D eigenvalue weighted by Gasteiger charge is 2.12. The number of aromatic nitrogens is 3. The smallest absolute Gasteiger partial charge is 0.256 e. The molecule has 0 saturated heterocycles. The van der Waals surface area contributed by atoms with Crippen molar-refractivity contribution >= 4 is 16.0 Å². The number of nitrogens with zero attached hydrogens (tertiary/aromatic N) is 3. The molecule has 0 N–H and O–H groups in total. The molecule has 0 amide bonds. The van der Waals surface area contributed by atoms with Gasteiger partial charge in [0.2, 0.25) is 9.84 Å². The van der Waals surface area contributed by atoms with Crippen LogP contribution in [0.25, 0.3) is 6.20 Å². The van der Waals surface area contributed by atoms with Gasteiger partial charge in [-0.3, -0.25) is 4.57 Å². The predicted molar refractivity (Wildman–Crippen MR) is 71.2 cm³/mol. The minimum Gasteiger partial charge on any atom is -0.256 e. The Kier molecular flexibility index (Phi) is 3.39. The molecule has 6 nitrogen and oxygen atoms in total. The Bertz CT molecular complexity index is 785. The molecule has 1 aromatic carbocycles. The highest BCUT2D eigenvalue weighted by atomic mass is 32.2. The molecular formula is C12H13N3O3S. The lowest BCUT2D eigenvalue weighted by atomic mass is 10.2. The molecule has 2 rings (SSSR count). The average molecular weight is 279 g/mol. The second-order valence-corrected chi connectivity index (χ2v) is 5.84. The topological polar surface area (TPSA) is 74.0 Å². The van der Waals surface area contributed by atoms with Crippen LogP contribution in [0.3, 0.4) is 0 Å². The van der Waals surface area contributed by atoms with Gasteiger partial charge in [-0.2, -0.15) is 5.10 Å². The molecule has 0 bridgehead atoms. The van der Waals surface area contributed by atoms with E-state index in [4.69, 9.17) is 0 Å². The van der Waals surface area contributed by atoms with E-state index in [1.807, 2.05) is 0 Å². The molecule has 0 aliphatic carbocycles. The van der Waals surface area contributed by atoms with E-state index < -0.39 is 15.5 Å². The van der Waals surface area contributed by atoms with Gasteiger partial charge < -0.3 is 0 Å². The maximum Gasteiger partial charge on any atom is 0.349 e. The number of hydrogen-bond donors (Lipinski definition) is 0. The van der Waals surface area contributed by atoms with Crippen molar-refractivity contribution in [1.82, 2.24) is 14.3 Å². The number of benzene rings is 1. The maximum absolute atomic E-state index is 12.1. The van der Waals surface area contributed by atoms with Crippen molar-refractivity contribution in [3.63, 3.8) is 0 Å². The van der Waals surface area contributed by atoms with Crippen molar-refractivity contribution in [3.8, 4) is 0 Å². The zero-order valence-electron chi connectivity index (χ0n) is 10.5. The van der Waals surface area contributed by atoms with Gasteiger partial charge in [-0.1, -0.05) is 18.2 Å². The van der Waals surface area contributed by atoms with E-state index >= 15 is 0 Å². The van der Waals surface area contributed by atoms with E-state index in [-0.39, 0.29) is 4.90 Å². The summed E-state index contributed by atoms with van der Waals surface area (Å²) < 4.78 is 26.5. The highest BCUT2D eigenvalue weighted by molar-refractivity contribution is 7.94. The zero-order chi connectivity index (χ0) is 14.0. The molecule has 0 fully saturated rings. The first-order valence-electron chi connectivity index (χ1n) is 5.51. The van der Waals surface area contributed by atoms with Crippen LogP contribution in [-0.2, 0) is 16.9 Å². The lowest BCUT2D eigenvalue weighted by molar-refractivity contribution is 0.604. The van der Waals surface area contributed by atoms with E-state index in [1.165, 1.54) is 25.6 Å². The van der Waals surface area contributed by atoms with Crippen LogP contribution >= 0.6 is 0 Å². The zero-order valence-corrected chi connectivity index (χ0v) is 11.3. The minimum atomic E-state index is -3.57. The number of rotatable bonds is 3. The van der Waals surface area contributed by atoms with Gasteiger partial charge in [0.05, 0.1) is 10.3 Å². The average Bonchev–Trinajstić information content (AvgIpc) is 2.68. The summed E-state index contributed by atoms with van der Waals surface area (Å²) >= 11 is 0. The normalized spacial score (nSPS) is 12.1. The first-order chi connectivity index (χ1) is 8.92. The lowest BCUT2D eigenvalue weighted by Gasteiger charge is -2.02. The first kappa shape index (κ1) is 13.3. The number of hydrogen-bond acceptors (Lipinski definition) is 4. The molecule has 0 aliphatic rings. The summed E-state index contributed by atoms with van der Waals surface area (Å²) in [7, 11) is -2.09. The van der Waals surface area contributed by atoms with Crippen molar-refractivity contribution in [2.75, 3.05) is 0 Å². The monoisotopic (exact) mass is 279 g/mol. The van der Waals surface area contributed by atoms with Gasteiger partial charge in [-0.25, -0.2) is 17.9 Å². The second kappa shape index (κ2) is 4.85. The van der Waals surface area contributed by atoms with Crippen LogP contribution in [0.1, 0.15) is 5.56 Å². The van der Waals surface area contributed by atoms with Gasteiger partial charge in [0.15, 0.2) is 0 Å². The van der Waals surface area contributed by atoms with Gasteiger partial charge >= 0.3 is 5.69 Å². The molecule has 2 aromatic rings. The quantitative estimate of drug-likeness (QED) is 0.832. The summed E-state index contributed by atoms with van der Waals surface area (Å²) in [6.07, 6.45) is 2.45. The Morgan fingerprint density at radius 1 is 1.26 bits per heavy atom. The van der Waals surface area contributed by atoms with Crippen molar-refractivity contribution in [2.45, 2.75) is 11.8 Å². The third-order valence-corrected chi connectivity index (χ3v) is 4.20. The summed E-state index contributed by atoms with van der Waals surface area (Å²) in [5.41, 5.74) is 0.252. The van der Waals surface area contributed by atoms with Gasteiger partial charge in [-0.15, -0.1) is 0 Å².